The number of rotatable bonds is 9. The molecule has 2 N–H and O–H groups in total. The Morgan fingerprint density at radius 1 is 1.29 bits per heavy atom. The van der Waals surface area contributed by atoms with Crippen LogP contribution >= 0.6 is 11.3 Å². The summed E-state index contributed by atoms with van der Waals surface area (Å²) in [4.78, 5) is 16.2. The quantitative estimate of drug-likeness (QED) is 0.668. The molecule has 0 unspecified atom stereocenters. The Morgan fingerprint density at radius 3 is 2.93 bits per heavy atom. The topological polar surface area (TPSA) is 53.6 Å². The molecule has 152 valence electrons. The third-order valence-electron chi connectivity index (χ3n) is 5.06. The molecule has 5 nitrogen and oxygen atoms in total. The number of ether oxygens (including phenoxy) is 1. The van der Waals surface area contributed by atoms with Crippen LogP contribution < -0.4 is 20.3 Å². The Labute approximate surface area is 172 Å². The summed E-state index contributed by atoms with van der Waals surface area (Å²) in [6, 6.07) is 12.1. The standard InChI is InChI=1S/C22H31N3O2S/c1-3-24-19-10-4-5-14-25(22(19)26)17-8-6-9-18(16-17)27-20(12-13-23-2)21-11-7-15-28-21/h6-9,11,15-16,19-20,23-24H,3-5,10,12-14H2,1-2H3/t19-,20+/m1/s1. The van der Waals surface area contributed by atoms with E-state index in [4.69, 9.17) is 4.74 Å². The van der Waals surface area contributed by atoms with Crippen molar-refractivity contribution >= 4 is 22.9 Å². The Morgan fingerprint density at radius 2 is 2.18 bits per heavy atom. The number of nitrogens with one attached hydrogen (secondary N) is 2. The number of carbonyl (C=O) groups is 1. The maximum absolute atomic E-state index is 13.0. The molecule has 1 aromatic carbocycles. The Bertz CT molecular complexity index is 735. The van der Waals surface area contributed by atoms with Gasteiger partial charge in [-0.2, -0.15) is 0 Å². The van der Waals surface area contributed by atoms with E-state index in [0.29, 0.717) is 0 Å². The fourth-order valence-corrected chi connectivity index (χ4v) is 4.42. The molecule has 1 amide bonds. The van der Waals surface area contributed by atoms with Gasteiger partial charge in [0.15, 0.2) is 0 Å². The molecule has 1 aromatic heterocycles. The van der Waals surface area contributed by atoms with Gasteiger partial charge in [0.25, 0.3) is 0 Å². The Kier molecular flexibility index (Phi) is 7.89. The van der Waals surface area contributed by atoms with E-state index in [-0.39, 0.29) is 18.1 Å². The number of nitrogens with zero attached hydrogens (tertiary/aromatic N) is 1. The van der Waals surface area contributed by atoms with Crippen LogP contribution in [0.15, 0.2) is 41.8 Å². The fraction of sp³-hybridized carbons (Fsp3) is 0.500. The lowest BCUT2D eigenvalue weighted by molar-refractivity contribution is -0.120. The van der Waals surface area contributed by atoms with E-state index in [1.165, 1.54) is 4.88 Å². The van der Waals surface area contributed by atoms with Gasteiger partial charge in [-0.3, -0.25) is 4.79 Å². The molecule has 0 saturated carbocycles. The van der Waals surface area contributed by atoms with E-state index in [1.54, 1.807) is 11.3 Å². The largest absolute Gasteiger partial charge is 0.485 e. The summed E-state index contributed by atoms with van der Waals surface area (Å²) in [6.07, 6.45) is 3.91. The zero-order valence-electron chi connectivity index (χ0n) is 16.8. The highest BCUT2D eigenvalue weighted by molar-refractivity contribution is 7.10. The SMILES string of the molecule is CCN[C@@H]1CCCCN(c2cccc(O[C@@H](CCNC)c3cccs3)c2)C1=O. The minimum atomic E-state index is -0.0911. The summed E-state index contributed by atoms with van der Waals surface area (Å²) in [5.74, 6) is 0.977. The van der Waals surface area contributed by atoms with Gasteiger partial charge in [0.1, 0.15) is 11.9 Å². The van der Waals surface area contributed by atoms with Crippen molar-refractivity contribution in [2.24, 2.45) is 0 Å². The normalized spacial score (nSPS) is 18.7. The molecule has 0 bridgehead atoms. The van der Waals surface area contributed by atoms with Gasteiger partial charge >= 0.3 is 0 Å². The molecule has 2 atom stereocenters. The predicted molar refractivity (Wildman–Crippen MR) is 116 cm³/mol. The van der Waals surface area contributed by atoms with E-state index in [2.05, 4.69) is 28.1 Å². The molecule has 1 saturated heterocycles. The molecule has 1 aliphatic heterocycles. The first-order chi connectivity index (χ1) is 13.7. The van der Waals surface area contributed by atoms with E-state index in [9.17, 15) is 4.79 Å². The second-order valence-corrected chi connectivity index (χ2v) is 8.09. The van der Waals surface area contributed by atoms with Crippen molar-refractivity contribution < 1.29 is 9.53 Å². The number of thiophene rings is 1. The van der Waals surface area contributed by atoms with Gasteiger partial charge < -0.3 is 20.3 Å². The van der Waals surface area contributed by atoms with Gasteiger partial charge in [0, 0.05) is 29.6 Å². The van der Waals surface area contributed by atoms with Crippen LogP contribution in [0.2, 0.25) is 0 Å². The minimum Gasteiger partial charge on any atom is -0.485 e. The van der Waals surface area contributed by atoms with E-state index in [0.717, 1.165) is 56.8 Å². The first kappa shape index (κ1) is 20.8. The van der Waals surface area contributed by atoms with E-state index < -0.39 is 0 Å². The molecule has 2 aromatic rings. The zero-order chi connectivity index (χ0) is 19.8. The van der Waals surface area contributed by atoms with Crippen LogP contribution in [-0.2, 0) is 4.79 Å². The molecule has 1 aliphatic rings. The molecule has 0 spiro atoms. The number of hydrogen-bond donors (Lipinski definition) is 2. The van der Waals surface area contributed by atoms with Gasteiger partial charge in [-0.1, -0.05) is 19.1 Å². The smallest absolute Gasteiger partial charge is 0.244 e. The Hall–Kier alpha value is -1.89. The second-order valence-electron chi connectivity index (χ2n) is 7.11. The fourth-order valence-electron chi connectivity index (χ4n) is 3.63. The molecule has 0 radical (unpaired) electrons. The van der Waals surface area contributed by atoms with Gasteiger partial charge in [0.2, 0.25) is 5.91 Å². The number of benzene rings is 1. The maximum atomic E-state index is 13.0. The minimum absolute atomic E-state index is 0.0111. The summed E-state index contributed by atoms with van der Waals surface area (Å²) in [5.41, 5.74) is 0.922. The predicted octanol–water partition coefficient (Wildman–Crippen LogP) is 3.97. The average molecular weight is 402 g/mol. The molecule has 28 heavy (non-hydrogen) atoms. The number of hydrogen-bond acceptors (Lipinski definition) is 5. The van der Waals surface area contributed by atoms with Crippen molar-refractivity contribution in [3.8, 4) is 5.75 Å². The van der Waals surface area contributed by atoms with Gasteiger partial charge in [-0.05, 0) is 63.0 Å². The molecule has 6 heteroatoms. The zero-order valence-corrected chi connectivity index (χ0v) is 17.6. The van der Waals surface area contributed by atoms with Crippen LogP contribution in [-0.4, -0.2) is 38.6 Å². The van der Waals surface area contributed by atoms with Crippen LogP contribution in [0.5, 0.6) is 5.75 Å². The summed E-state index contributed by atoms with van der Waals surface area (Å²) >= 11 is 1.72. The van der Waals surface area contributed by atoms with Crippen LogP contribution in [0, 0.1) is 0 Å². The second kappa shape index (κ2) is 10.6. The highest BCUT2D eigenvalue weighted by atomic mass is 32.1. The molecule has 0 aliphatic carbocycles. The highest BCUT2D eigenvalue weighted by Gasteiger charge is 2.27. The number of amides is 1. The van der Waals surface area contributed by atoms with Gasteiger partial charge in [0.05, 0.1) is 6.04 Å². The first-order valence-corrected chi connectivity index (χ1v) is 11.1. The first-order valence-electron chi connectivity index (χ1n) is 10.2. The lowest BCUT2D eigenvalue weighted by Crippen LogP contribution is -2.45. The van der Waals surface area contributed by atoms with Crippen LogP contribution in [0.3, 0.4) is 0 Å². The summed E-state index contributed by atoms with van der Waals surface area (Å²) in [6.45, 7) is 4.50. The summed E-state index contributed by atoms with van der Waals surface area (Å²) < 4.78 is 6.35. The molecular weight excluding hydrogens is 370 g/mol. The number of carbonyl (C=O) groups excluding carboxylic acids is 1. The number of likely N-dealkylation sites (N-methyl/N-ethyl adjacent to an activating group) is 1. The van der Waals surface area contributed by atoms with Crippen LogP contribution in [0.4, 0.5) is 5.69 Å². The molecule has 3 rings (SSSR count). The van der Waals surface area contributed by atoms with Crippen molar-refractivity contribution in [1.29, 1.82) is 0 Å². The molecule has 1 fully saturated rings. The van der Waals surface area contributed by atoms with Crippen molar-refractivity contribution in [2.75, 3.05) is 31.6 Å². The maximum Gasteiger partial charge on any atom is 0.244 e. The summed E-state index contributed by atoms with van der Waals surface area (Å²) in [7, 11) is 1.96. The molecule has 2 heterocycles. The van der Waals surface area contributed by atoms with Crippen LogP contribution in [0.1, 0.15) is 43.6 Å². The van der Waals surface area contributed by atoms with Gasteiger partial charge in [-0.25, -0.2) is 0 Å². The monoisotopic (exact) mass is 401 g/mol. The Balaban J connectivity index is 1.77. The third-order valence-corrected chi connectivity index (χ3v) is 6.03. The van der Waals surface area contributed by atoms with Crippen molar-refractivity contribution in [3.05, 3.63) is 46.7 Å². The summed E-state index contributed by atoms with van der Waals surface area (Å²) in [5, 5.41) is 8.62. The number of anilines is 1. The van der Waals surface area contributed by atoms with E-state index in [1.807, 2.05) is 43.1 Å². The van der Waals surface area contributed by atoms with E-state index >= 15 is 0 Å². The van der Waals surface area contributed by atoms with Gasteiger partial charge in [-0.15, -0.1) is 11.3 Å². The van der Waals surface area contributed by atoms with Crippen molar-refractivity contribution in [3.63, 3.8) is 0 Å². The van der Waals surface area contributed by atoms with Crippen molar-refractivity contribution in [1.82, 2.24) is 10.6 Å². The third kappa shape index (κ3) is 5.34. The van der Waals surface area contributed by atoms with Crippen LogP contribution in [0.25, 0.3) is 0 Å². The lowest BCUT2D eigenvalue weighted by Gasteiger charge is -2.26. The van der Waals surface area contributed by atoms with Crippen molar-refractivity contribution in [2.45, 2.75) is 44.8 Å². The highest BCUT2D eigenvalue weighted by Crippen LogP contribution is 2.31. The lowest BCUT2D eigenvalue weighted by atomic mass is 10.1. The molecular formula is C22H31N3O2S. The average Bonchev–Trinajstić information content (AvgIpc) is 3.18.